The van der Waals surface area contributed by atoms with Crippen molar-refractivity contribution in [3.63, 3.8) is 0 Å². The zero-order valence-corrected chi connectivity index (χ0v) is 8.92. The molecule has 0 aliphatic carbocycles. The Morgan fingerprint density at radius 1 is 1.38 bits per heavy atom. The number of hydrogen-bond acceptors (Lipinski definition) is 0. The van der Waals surface area contributed by atoms with E-state index in [9.17, 15) is 8.78 Å². The maximum Gasteiger partial charge on any atom is 0.140 e. The predicted octanol–water partition coefficient (Wildman–Crippen LogP) is 4.02. The van der Waals surface area contributed by atoms with E-state index in [4.69, 9.17) is 11.6 Å². The first kappa shape index (κ1) is 10.7. The maximum atomic E-state index is 12.9. The monoisotopic (exact) mass is 266 g/mol. The molecule has 0 N–H and O–H groups in total. The zero-order chi connectivity index (χ0) is 10.0. The summed E-state index contributed by atoms with van der Waals surface area (Å²) in [4.78, 5) is 0. The van der Waals surface area contributed by atoms with Crippen LogP contribution in [0.25, 0.3) is 0 Å². The van der Waals surface area contributed by atoms with Crippen molar-refractivity contribution in [2.45, 2.75) is 6.42 Å². The minimum absolute atomic E-state index is 0.156. The van der Waals surface area contributed by atoms with E-state index in [-0.39, 0.29) is 10.9 Å². The van der Waals surface area contributed by atoms with Crippen LogP contribution in [-0.2, 0) is 6.42 Å². The summed E-state index contributed by atoms with van der Waals surface area (Å²) < 4.78 is 25.7. The van der Waals surface area contributed by atoms with Gasteiger partial charge in [0.1, 0.15) is 11.6 Å². The van der Waals surface area contributed by atoms with Crippen LogP contribution in [-0.4, -0.2) is 0 Å². The topological polar surface area (TPSA) is 0 Å². The maximum absolute atomic E-state index is 12.9. The van der Waals surface area contributed by atoms with Crippen LogP contribution < -0.4 is 0 Å². The normalized spacial score (nSPS) is 10.2. The van der Waals surface area contributed by atoms with Crippen molar-refractivity contribution in [1.29, 1.82) is 0 Å². The van der Waals surface area contributed by atoms with Gasteiger partial charge in [-0.25, -0.2) is 8.78 Å². The molecule has 1 aromatic rings. The van der Waals surface area contributed by atoms with E-state index in [2.05, 4.69) is 22.5 Å². The molecule has 0 amide bonds. The van der Waals surface area contributed by atoms with Gasteiger partial charge < -0.3 is 0 Å². The fraction of sp³-hybridized carbons (Fsp3) is 0.111. The largest absolute Gasteiger partial charge is 0.206 e. The Labute approximate surface area is 88.3 Å². The van der Waals surface area contributed by atoms with Crippen LogP contribution in [0, 0.1) is 11.6 Å². The lowest BCUT2D eigenvalue weighted by Crippen LogP contribution is -1.91. The van der Waals surface area contributed by atoms with Gasteiger partial charge >= 0.3 is 0 Å². The molecule has 0 saturated heterocycles. The lowest BCUT2D eigenvalue weighted by molar-refractivity contribution is 0.569. The van der Waals surface area contributed by atoms with Crippen molar-refractivity contribution in [2.24, 2.45) is 0 Å². The Kier molecular flexibility index (Phi) is 3.45. The average Bonchev–Trinajstić information content (AvgIpc) is 1.98. The highest BCUT2D eigenvalue weighted by atomic mass is 79.9. The van der Waals surface area contributed by atoms with Crippen molar-refractivity contribution in [2.75, 3.05) is 0 Å². The first-order valence-corrected chi connectivity index (χ1v) is 4.64. The Morgan fingerprint density at radius 2 is 1.85 bits per heavy atom. The minimum atomic E-state index is -0.632. The van der Waals surface area contributed by atoms with Crippen LogP contribution in [0.1, 0.15) is 5.56 Å². The molecule has 0 bridgehead atoms. The number of benzene rings is 1. The summed E-state index contributed by atoms with van der Waals surface area (Å²) in [5.74, 6) is -1.26. The van der Waals surface area contributed by atoms with Crippen LogP contribution >= 0.6 is 27.5 Å². The standard InChI is InChI=1S/C9H6BrClF2/c1-5(11)2-6-3-7(12)9(10)8(13)4-6/h3-4H,1-2H2. The molecule has 0 aliphatic rings. The summed E-state index contributed by atoms with van der Waals surface area (Å²) in [6.07, 6.45) is 0.267. The number of hydrogen-bond donors (Lipinski definition) is 0. The molecule has 0 heterocycles. The lowest BCUT2D eigenvalue weighted by atomic mass is 10.1. The third-order valence-electron chi connectivity index (χ3n) is 1.44. The molecular weight excluding hydrogens is 261 g/mol. The second kappa shape index (κ2) is 4.20. The molecule has 70 valence electrons. The molecule has 4 heteroatoms. The molecule has 13 heavy (non-hydrogen) atoms. The summed E-state index contributed by atoms with van der Waals surface area (Å²) >= 11 is 8.28. The molecule has 0 radical (unpaired) electrons. The molecule has 1 aromatic carbocycles. The van der Waals surface area contributed by atoms with Gasteiger partial charge in [0, 0.05) is 11.5 Å². The quantitative estimate of drug-likeness (QED) is 0.710. The van der Waals surface area contributed by atoms with Crippen LogP contribution in [0.15, 0.2) is 28.2 Å². The Bertz CT molecular complexity index is 326. The Balaban J connectivity index is 3.06. The third kappa shape index (κ3) is 2.78. The summed E-state index contributed by atoms with van der Waals surface area (Å²) in [6, 6.07) is 2.45. The highest BCUT2D eigenvalue weighted by Gasteiger charge is 2.08. The fourth-order valence-corrected chi connectivity index (χ4v) is 1.31. The molecular formula is C9H6BrClF2. The molecule has 0 aromatic heterocycles. The molecule has 1 rings (SSSR count). The lowest BCUT2D eigenvalue weighted by Gasteiger charge is -2.02. The molecule has 0 spiro atoms. The molecule has 0 unspecified atom stereocenters. The summed E-state index contributed by atoms with van der Waals surface area (Å²) in [7, 11) is 0. The molecule has 0 saturated carbocycles. The summed E-state index contributed by atoms with van der Waals surface area (Å²) in [5.41, 5.74) is 0.471. The van der Waals surface area contributed by atoms with E-state index in [0.717, 1.165) is 0 Å². The van der Waals surface area contributed by atoms with Crippen molar-refractivity contribution in [3.05, 3.63) is 45.4 Å². The number of halogens is 4. The summed E-state index contributed by atoms with van der Waals surface area (Å²) in [6.45, 7) is 3.44. The fourth-order valence-electron chi connectivity index (χ4n) is 0.932. The Hall–Kier alpha value is -0.410. The highest BCUT2D eigenvalue weighted by molar-refractivity contribution is 9.10. The van der Waals surface area contributed by atoms with Crippen LogP contribution in [0.4, 0.5) is 8.78 Å². The van der Waals surface area contributed by atoms with E-state index in [1.807, 2.05) is 0 Å². The molecule has 0 atom stereocenters. The summed E-state index contributed by atoms with van der Waals surface area (Å²) in [5, 5.41) is 0.348. The van der Waals surface area contributed by atoms with Crippen LogP contribution in [0.5, 0.6) is 0 Å². The van der Waals surface area contributed by atoms with Gasteiger partial charge in [-0.2, -0.15) is 0 Å². The zero-order valence-electron chi connectivity index (χ0n) is 6.58. The second-order valence-corrected chi connectivity index (χ2v) is 3.90. The first-order valence-electron chi connectivity index (χ1n) is 3.47. The van der Waals surface area contributed by atoms with Crippen molar-refractivity contribution in [3.8, 4) is 0 Å². The van der Waals surface area contributed by atoms with E-state index in [0.29, 0.717) is 10.6 Å². The van der Waals surface area contributed by atoms with Gasteiger partial charge in [-0.15, -0.1) is 0 Å². The highest BCUT2D eigenvalue weighted by Crippen LogP contribution is 2.22. The number of allylic oxidation sites excluding steroid dienone is 1. The Morgan fingerprint density at radius 3 is 2.23 bits per heavy atom. The molecule has 0 aliphatic heterocycles. The number of rotatable bonds is 2. The smallest absolute Gasteiger partial charge is 0.140 e. The van der Waals surface area contributed by atoms with E-state index in [1.54, 1.807) is 0 Å². The van der Waals surface area contributed by atoms with Gasteiger partial charge in [-0.3, -0.25) is 0 Å². The van der Waals surface area contributed by atoms with Crippen molar-refractivity contribution >= 4 is 27.5 Å². The predicted molar refractivity (Wildman–Crippen MR) is 52.8 cm³/mol. The SMILES string of the molecule is C=C(Cl)Cc1cc(F)c(Br)c(F)c1. The van der Waals surface area contributed by atoms with Gasteiger partial charge in [0.2, 0.25) is 0 Å². The second-order valence-electron chi connectivity index (χ2n) is 2.57. The van der Waals surface area contributed by atoms with Crippen LogP contribution in [0.3, 0.4) is 0 Å². The van der Waals surface area contributed by atoms with Gasteiger partial charge in [0.25, 0.3) is 0 Å². The first-order chi connectivity index (χ1) is 6.00. The third-order valence-corrected chi connectivity index (χ3v) is 2.33. The van der Waals surface area contributed by atoms with Crippen molar-refractivity contribution < 1.29 is 8.78 Å². The van der Waals surface area contributed by atoms with Crippen LogP contribution in [0.2, 0.25) is 0 Å². The molecule has 0 fully saturated rings. The molecule has 0 nitrogen and oxygen atoms in total. The van der Waals surface area contributed by atoms with Gasteiger partial charge in [0.15, 0.2) is 0 Å². The van der Waals surface area contributed by atoms with Gasteiger partial charge in [0.05, 0.1) is 4.47 Å². The van der Waals surface area contributed by atoms with E-state index >= 15 is 0 Å². The van der Waals surface area contributed by atoms with E-state index in [1.165, 1.54) is 12.1 Å². The van der Waals surface area contributed by atoms with Gasteiger partial charge in [-0.05, 0) is 33.6 Å². The van der Waals surface area contributed by atoms with Gasteiger partial charge in [-0.1, -0.05) is 18.2 Å². The minimum Gasteiger partial charge on any atom is -0.206 e. The average molecular weight is 267 g/mol. The van der Waals surface area contributed by atoms with Crippen molar-refractivity contribution in [1.82, 2.24) is 0 Å². The van der Waals surface area contributed by atoms with E-state index < -0.39 is 11.6 Å².